The number of hydrogen-bond donors (Lipinski definition) is 7. The first kappa shape index (κ1) is 37.0. The average molecular weight is 741 g/mol. The molecule has 4 aromatic carbocycles. The lowest BCUT2D eigenvalue weighted by atomic mass is 9.99. The molecule has 54 heavy (non-hydrogen) atoms. The smallest absolute Gasteiger partial charge is 0.331 e. The van der Waals surface area contributed by atoms with Gasteiger partial charge >= 0.3 is 11.9 Å². The van der Waals surface area contributed by atoms with Crippen molar-refractivity contribution in [1.29, 1.82) is 0 Å². The fraction of sp³-hybridized carbons (Fsp3) is 0.154. The molecule has 0 amide bonds. The molecule has 0 bridgehead atoms. The summed E-state index contributed by atoms with van der Waals surface area (Å²) >= 11 is 0. The lowest BCUT2D eigenvalue weighted by molar-refractivity contribution is -0.282. The van der Waals surface area contributed by atoms with Crippen molar-refractivity contribution in [2.24, 2.45) is 0 Å². The fourth-order valence-corrected chi connectivity index (χ4v) is 5.44. The van der Waals surface area contributed by atoms with Crippen LogP contribution in [0.4, 0.5) is 0 Å². The van der Waals surface area contributed by atoms with Crippen LogP contribution in [0.25, 0.3) is 34.4 Å². The zero-order valence-corrected chi connectivity index (χ0v) is 27.9. The van der Waals surface area contributed by atoms with E-state index in [-0.39, 0.29) is 34.2 Å². The number of ether oxygens (including phenoxy) is 4. The maximum absolute atomic E-state index is 14.0. The molecule has 1 saturated heterocycles. The molecule has 6 rings (SSSR count). The van der Waals surface area contributed by atoms with Crippen LogP contribution in [-0.2, 0) is 23.8 Å². The monoisotopic (exact) mass is 740 g/mol. The van der Waals surface area contributed by atoms with Crippen LogP contribution < -0.4 is 10.2 Å². The Morgan fingerprint density at radius 3 is 1.85 bits per heavy atom. The molecule has 0 unspecified atom stereocenters. The SMILES string of the molecule is O=C(C=Cc1ccc(O)cc1)OC[C@@H]1O[C@H](Oc2c(-c3ccc(O)cc3)oc3cc(O)cc(O)c3c2=O)[C@@H](OC(=O)C=Cc2ccc(O)cc2)[C@@H](O)[C@H]1O. The quantitative estimate of drug-likeness (QED) is 0.0798. The number of carbonyl (C=O) groups is 2. The number of fused-ring (bicyclic) bond motifs is 1. The number of aliphatic hydroxyl groups is 2. The molecular formula is C39H32O15. The van der Waals surface area contributed by atoms with Crippen molar-refractivity contribution in [2.75, 3.05) is 6.61 Å². The van der Waals surface area contributed by atoms with Crippen LogP contribution in [0.15, 0.2) is 106 Å². The van der Waals surface area contributed by atoms with E-state index in [1.54, 1.807) is 12.1 Å². The molecular weight excluding hydrogens is 708 g/mol. The van der Waals surface area contributed by atoms with Crippen LogP contribution in [0.1, 0.15) is 11.1 Å². The molecule has 15 nitrogen and oxygen atoms in total. The predicted octanol–water partition coefficient (Wildman–Crippen LogP) is 3.70. The second kappa shape index (κ2) is 15.8. The molecule has 0 saturated carbocycles. The molecule has 15 heteroatoms. The van der Waals surface area contributed by atoms with Gasteiger partial charge in [0.05, 0.1) is 0 Å². The lowest BCUT2D eigenvalue weighted by Gasteiger charge is -2.41. The Balaban J connectivity index is 1.33. The Morgan fingerprint density at radius 2 is 1.26 bits per heavy atom. The Bertz CT molecular complexity index is 2260. The molecule has 5 aromatic rings. The van der Waals surface area contributed by atoms with E-state index in [1.165, 1.54) is 72.8 Å². The fourth-order valence-electron chi connectivity index (χ4n) is 5.44. The Kier molecular flexibility index (Phi) is 10.8. The van der Waals surface area contributed by atoms with Gasteiger partial charge < -0.3 is 59.1 Å². The van der Waals surface area contributed by atoms with Gasteiger partial charge in [-0.1, -0.05) is 24.3 Å². The van der Waals surface area contributed by atoms with E-state index in [0.29, 0.717) is 11.1 Å². The molecule has 0 aliphatic carbocycles. The van der Waals surface area contributed by atoms with Crippen molar-refractivity contribution in [1.82, 2.24) is 0 Å². The van der Waals surface area contributed by atoms with E-state index < -0.39 is 77.3 Å². The summed E-state index contributed by atoms with van der Waals surface area (Å²) in [5.74, 6) is -4.04. The number of carbonyl (C=O) groups excluding carboxylic acids is 2. The van der Waals surface area contributed by atoms with Gasteiger partial charge in [0.25, 0.3) is 0 Å². The van der Waals surface area contributed by atoms with Gasteiger partial charge in [0, 0.05) is 29.8 Å². The Labute approximate surface area is 305 Å². The number of phenolic OH excluding ortho intramolecular Hbond substituents is 5. The first-order chi connectivity index (χ1) is 25.9. The highest BCUT2D eigenvalue weighted by atomic mass is 16.7. The van der Waals surface area contributed by atoms with Crippen LogP contribution >= 0.6 is 0 Å². The maximum Gasteiger partial charge on any atom is 0.331 e. The van der Waals surface area contributed by atoms with E-state index in [2.05, 4.69) is 0 Å². The molecule has 1 aliphatic heterocycles. The zero-order chi connectivity index (χ0) is 38.5. The molecule has 5 atom stereocenters. The van der Waals surface area contributed by atoms with Gasteiger partial charge in [-0.05, 0) is 71.8 Å². The third-order valence-corrected chi connectivity index (χ3v) is 8.18. The molecule has 2 heterocycles. The largest absolute Gasteiger partial charge is 0.508 e. The average Bonchev–Trinajstić information content (AvgIpc) is 3.14. The third-order valence-electron chi connectivity index (χ3n) is 8.18. The second-order valence-corrected chi connectivity index (χ2v) is 12.0. The van der Waals surface area contributed by atoms with Gasteiger partial charge in [0.2, 0.25) is 17.5 Å². The topological polar surface area (TPSA) is 243 Å². The molecule has 1 fully saturated rings. The molecule has 1 aliphatic rings. The summed E-state index contributed by atoms with van der Waals surface area (Å²) in [6, 6.07) is 19.0. The number of aliphatic hydroxyl groups excluding tert-OH is 2. The maximum atomic E-state index is 14.0. The number of rotatable bonds is 10. The molecule has 7 N–H and O–H groups in total. The van der Waals surface area contributed by atoms with E-state index in [0.717, 1.165) is 24.3 Å². The van der Waals surface area contributed by atoms with Crippen LogP contribution in [0.2, 0.25) is 0 Å². The first-order valence-corrected chi connectivity index (χ1v) is 16.2. The summed E-state index contributed by atoms with van der Waals surface area (Å²) in [6.45, 7) is -0.657. The van der Waals surface area contributed by atoms with E-state index in [1.807, 2.05) is 0 Å². The minimum atomic E-state index is -1.96. The number of aromatic hydroxyl groups is 5. The van der Waals surface area contributed by atoms with Gasteiger partial charge in [-0.25, -0.2) is 9.59 Å². The predicted molar refractivity (Wildman–Crippen MR) is 189 cm³/mol. The van der Waals surface area contributed by atoms with Crippen LogP contribution in [0.5, 0.6) is 34.5 Å². The molecule has 0 spiro atoms. The van der Waals surface area contributed by atoms with Crippen molar-refractivity contribution < 1.29 is 68.7 Å². The molecule has 0 radical (unpaired) electrons. The van der Waals surface area contributed by atoms with E-state index >= 15 is 0 Å². The number of phenols is 5. The highest BCUT2D eigenvalue weighted by Crippen LogP contribution is 2.38. The van der Waals surface area contributed by atoms with Crippen LogP contribution in [0, 0.1) is 0 Å². The zero-order valence-electron chi connectivity index (χ0n) is 27.9. The second-order valence-electron chi connectivity index (χ2n) is 12.0. The number of hydrogen-bond acceptors (Lipinski definition) is 15. The van der Waals surface area contributed by atoms with Crippen molar-refractivity contribution in [2.45, 2.75) is 30.7 Å². The summed E-state index contributed by atoms with van der Waals surface area (Å²) in [7, 11) is 0. The van der Waals surface area contributed by atoms with E-state index in [4.69, 9.17) is 23.4 Å². The summed E-state index contributed by atoms with van der Waals surface area (Å²) in [5.41, 5.74) is -0.0115. The number of esters is 2. The summed E-state index contributed by atoms with van der Waals surface area (Å²) in [6.07, 6.45) is -4.24. The van der Waals surface area contributed by atoms with E-state index in [9.17, 15) is 50.1 Å². The highest BCUT2D eigenvalue weighted by molar-refractivity contribution is 5.89. The summed E-state index contributed by atoms with van der Waals surface area (Å²) in [5, 5.41) is 71.5. The van der Waals surface area contributed by atoms with Crippen LogP contribution in [-0.4, -0.2) is 85.0 Å². The summed E-state index contributed by atoms with van der Waals surface area (Å²) in [4.78, 5) is 39.6. The number of benzene rings is 4. The van der Waals surface area contributed by atoms with Crippen molar-refractivity contribution in [3.63, 3.8) is 0 Å². The Morgan fingerprint density at radius 1 is 0.704 bits per heavy atom. The molecule has 278 valence electrons. The van der Waals surface area contributed by atoms with Gasteiger partial charge in [-0.15, -0.1) is 0 Å². The minimum Gasteiger partial charge on any atom is -0.508 e. The first-order valence-electron chi connectivity index (χ1n) is 16.2. The van der Waals surface area contributed by atoms with Crippen molar-refractivity contribution in [3.8, 4) is 45.8 Å². The highest BCUT2D eigenvalue weighted by Gasteiger charge is 2.49. The van der Waals surface area contributed by atoms with Crippen molar-refractivity contribution in [3.05, 3.63) is 118 Å². The third kappa shape index (κ3) is 8.45. The van der Waals surface area contributed by atoms with Gasteiger partial charge in [0.15, 0.2) is 11.9 Å². The Hall–Kier alpha value is -6.81. The van der Waals surface area contributed by atoms with Crippen molar-refractivity contribution >= 4 is 35.1 Å². The lowest BCUT2D eigenvalue weighted by Crippen LogP contribution is -2.61. The van der Waals surface area contributed by atoms with Gasteiger partial charge in [0.1, 0.15) is 64.6 Å². The van der Waals surface area contributed by atoms with Crippen LogP contribution in [0.3, 0.4) is 0 Å². The van der Waals surface area contributed by atoms with Gasteiger partial charge in [-0.2, -0.15) is 0 Å². The van der Waals surface area contributed by atoms with Gasteiger partial charge in [-0.3, -0.25) is 4.79 Å². The minimum absolute atomic E-state index is 0.00487. The molecule has 1 aromatic heterocycles. The normalized spacial score (nSPS) is 19.9. The summed E-state index contributed by atoms with van der Waals surface area (Å²) < 4.78 is 28.6. The standard InChI is InChI=1S/C39H32O15/c40-23-9-1-20(2-10-23)5-15-30(45)50-19-29-33(47)35(49)38(53-31(46)16-6-21-3-11-24(41)12-4-21)39(52-29)54-37-34(48)32-27(44)17-26(43)18-28(32)51-36(37)22-7-13-25(42)14-8-22/h1-18,29,33,35,38-44,47,49H,19H2/t29-,33-,35-,38-,39+/m0/s1.